The highest BCUT2D eigenvalue weighted by atomic mass is 16.2. The van der Waals surface area contributed by atoms with E-state index in [4.69, 9.17) is 0 Å². The van der Waals surface area contributed by atoms with Gasteiger partial charge in [0.25, 0.3) is 0 Å². The summed E-state index contributed by atoms with van der Waals surface area (Å²) in [5, 5.41) is 8.35. The van der Waals surface area contributed by atoms with Crippen LogP contribution < -0.4 is 16.0 Å². The first kappa shape index (κ1) is 17.0. The van der Waals surface area contributed by atoms with E-state index in [9.17, 15) is 9.59 Å². The van der Waals surface area contributed by atoms with E-state index in [0.29, 0.717) is 6.04 Å². The molecule has 5 heteroatoms. The smallest absolute Gasteiger partial charge is 0.321 e. The first-order valence-corrected chi connectivity index (χ1v) is 7.95. The van der Waals surface area contributed by atoms with E-state index >= 15 is 0 Å². The third-order valence-corrected chi connectivity index (χ3v) is 3.90. The topological polar surface area (TPSA) is 70.2 Å². The van der Waals surface area contributed by atoms with Crippen LogP contribution in [0.15, 0.2) is 0 Å². The Kier molecular flexibility index (Phi) is 8.26. The Labute approximate surface area is 122 Å². The molecule has 0 aliphatic heterocycles. The van der Waals surface area contributed by atoms with Crippen LogP contribution in [0.1, 0.15) is 65.2 Å². The molecule has 0 unspecified atom stereocenters. The van der Waals surface area contributed by atoms with Crippen molar-refractivity contribution in [1.29, 1.82) is 0 Å². The molecule has 1 aliphatic carbocycles. The molecule has 0 bridgehead atoms. The Hall–Kier alpha value is -1.10. The molecule has 20 heavy (non-hydrogen) atoms. The highest BCUT2D eigenvalue weighted by Crippen LogP contribution is 2.16. The van der Waals surface area contributed by atoms with Gasteiger partial charge in [0.1, 0.15) is 0 Å². The van der Waals surface area contributed by atoms with E-state index in [1.165, 1.54) is 32.1 Å². The number of hydrogen-bond donors (Lipinski definition) is 3. The van der Waals surface area contributed by atoms with Crippen LogP contribution in [0.5, 0.6) is 0 Å². The fraction of sp³-hybridized carbons (Fsp3) is 0.867. The maximum Gasteiger partial charge on any atom is 0.321 e. The van der Waals surface area contributed by atoms with E-state index in [1.54, 1.807) is 0 Å². The quantitative estimate of drug-likeness (QED) is 0.725. The summed E-state index contributed by atoms with van der Waals surface area (Å²) >= 11 is 0. The Morgan fingerprint density at radius 1 is 1.10 bits per heavy atom. The lowest BCUT2D eigenvalue weighted by molar-refractivity contribution is -0.119. The lowest BCUT2D eigenvalue weighted by Gasteiger charge is -2.20. The van der Waals surface area contributed by atoms with Gasteiger partial charge in [-0.3, -0.25) is 10.1 Å². The van der Waals surface area contributed by atoms with Gasteiger partial charge >= 0.3 is 6.03 Å². The summed E-state index contributed by atoms with van der Waals surface area (Å²) in [7, 11) is 0. The maximum atomic E-state index is 11.7. The highest BCUT2D eigenvalue weighted by Gasteiger charge is 2.14. The minimum atomic E-state index is -0.399. The van der Waals surface area contributed by atoms with E-state index in [1.807, 2.05) is 13.8 Å². The molecule has 0 saturated heterocycles. The monoisotopic (exact) mass is 283 g/mol. The average Bonchev–Trinajstić information content (AvgIpc) is 2.37. The van der Waals surface area contributed by atoms with Gasteiger partial charge in [-0.2, -0.15) is 0 Å². The second-order valence-electron chi connectivity index (χ2n) is 5.75. The zero-order chi connectivity index (χ0) is 14.8. The SMILES string of the molecule is CC[C@H](C)NC(=O)NC(=O)CNC1CCCCCCC1. The molecule has 1 rings (SSSR count). The van der Waals surface area contributed by atoms with Crippen molar-refractivity contribution in [2.45, 2.75) is 77.3 Å². The largest absolute Gasteiger partial charge is 0.335 e. The van der Waals surface area contributed by atoms with Crippen LogP contribution in [-0.4, -0.2) is 30.6 Å². The molecule has 1 fully saturated rings. The molecular formula is C15H29N3O2. The summed E-state index contributed by atoms with van der Waals surface area (Å²) in [5.74, 6) is -0.257. The van der Waals surface area contributed by atoms with Crippen molar-refractivity contribution < 1.29 is 9.59 Å². The molecule has 0 aromatic rings. The Balaban J connectivity index is 2.19. The number of hydrogen-bond acceptors (Lipinski definition) is 3. The van der Waals surface area contributed by atoms with Crippen LogP contribution in [0, 0.1) is 0 Å². The summed E-state index contributed by atoms with van der Waals surface area (Å²) in [5.41, 5.74) is 0. The van der Waals surface area contributed by atoms with Crippen molar-refractivity contribution in [1.82, 2.24) is 16.0 Å². The van der Waals surface area contributed by atoms with Gasteiger partial charge in [-0.25, -0.2) is 4.79 Å². The van der Waals surface area contributed by atoms with Gasteiger partial charge < -0.3 is 10.6 Å². The summed E-state index contributed by atoms with van der Waals surface area (Å²) < 4.78 is 0. The molecule has 3 amide bonds. The molecule has 1 atom stereocenters. The van der Waals surface area contributed by atoms with Crippen molar-refractivity contribution in [3.05, 3.63) is 0 Å². The molecule has 3 N–H and O–H groups in total. The van der Waals surface area contributed by atoms with Crippen LogP contribution in [-0.2, 0) is 4.79 Å². The Morgan fingerprint density at radius 3 is 2.30 bits per heavy atom. The number of nitrogens with one attached hydrogen (secondary N) is 3. The third-order valence-electron chi connectivity index (χ3n) is 3.90. The zero-order valence-electron chi connectivity index (χ0n) is 12.8. The highest BCUT2D eigenvalue weighted by molar-refractivity contribution is 5.95. The fourth-order valence-electron chi connectivity index (χ4n) is 2.43. The van der Waals surface area contributed by atoms with Gasteiger partial charge in [0, 0.05) is 12.1 Å². The number of rotatable bonds is 5. The molecule has 5 nitrogen and oxygen atoms in total. The number of carbonyl (C=O) groups is 2. The van der Waals surface area contributed by atoms with Crippen LogP contribution >= 0.6 is 0 Å². The van der Waals surface area contributed by atoms with Gasteiger partial charge in [0.2, 0.25) is 5.91 Å². The summed E-state index contributed by atoms with van der Waals surface area (Å²) in [6.07, 6.45) is 9.49. The molecule has 1 saturated carbocycles. The van der Waals surface area contributed by atoms with Gasteiger partial charge in [-0.1, -0.05) is 39.0 Å². The van der Waals surface area contributed by atoms with Crippen LogP contribution in [0.4, 0.5) is 4.79 Å². The fourth-order valence-corrected chi connectivity index (χ4v) is 2.43. The van der Waals surface area contributed by atoms with Crippen molar-refractivity contribution in [3.8, 4) is 0 Å². The Bertz CT molecular complexity index is 299. The predicted octanol–water partition coefficient (Wildman–Crippen LogP) is 2.31. The Morgan fingerprint density at radius 2 is 1.70 bits per heavy atom. The number of amides is 3. The standard InChI is InChI=1S/C15H29N3O2/c1-3-12(2)17-15(20)18-14(19)11-16-13-9-7-5-4-6-8-10-13/h12-13,16H,3-11H2,1-2H3,(H2,17,18,19,20)/t12-/m0/s1. The number of imide groups is 1. The zero-order valence-corrected chi connectivity index (χ0v) is 12.8. The maximum absolute atomic E-state index is 11.7. The second kappa shape index (κ2) is 9.75. The predicted molar refractivity (Wildman–Crippen MR) is 80.5 cm³/mol. The molecular weight excluding hydrogens is 254 g/mol. The van der Waals surface area contributed by atoms with Gasteiger partial charge in [-0.05, 0) is 26.2 Å². The van der Waals surface area contributed by atoms with Crippen molar-refractivity contribution in [2.24, 2.45) is 0 Å². The molecule has 1 aliphatic rings. The molecule has 0 aromatic heterocycles. The van der Waals surface area contributed by atoms with Crippen molar-refractivity contribution >= 4 is 11.9 Å². The van der Waals surface area contributed by atoms with Crippen molar-refractivity contribution in [2.75, 3.05) is 6.54 Å². The average molecular weight is 283 g/mol. The summed E-state index contributed by atoms with van der Waals surface area (Å²) in [4.78, 5) is 23.2. The molecule has 0 heterocycles. The van der Waals surface area contributed by atoms with Crippen LogP contribution in [0.3, 0.4) is 0 Å². The van der Waals surface area contributed by atoms with Crippen LogP contribution in [0.2, 0.25) is 0 Å². The van der Waals surface area contributed by atoms with E-state index in [0.717, 1.165) is 19.3 Å². The van der Waals surface area contributed by atoms with Gasteiger partial charge in [0.15, 0.2) is 0 Å². The molecule has 0 aromatic carbocycles. The van der Waals surface area contributed by atoms with E-state index < -0.39 is 6.03 Å². The van der Waals surface area contributed by atoms with Gasteiger partial charge in [0.05, 0.1) is 6.54 Å². The minimum absolute atomic E-state index is 0.0846. The summed E-state index contributed by atoms with van der Waals surface area (Å²) in [6.45, 7) is 4.12. The van der Waals surface area contributed by atoms with E-state index in [-0.39, 0.29) is 18.5 Å². The first-order chi connectivity index (χ1) is 9.61. The van der Waals surface area contributed by atoms with Gasteiger partial charge in [-0.15, -0.1) is 0 Å². The van der Waals surface area contributed by atoms with E-state index in [2.05, 4.69) is 16.0 Å². The normalized spacial score (nSPS) is 18.7. The van der Waals surface area contributed by atoms with Crippen molar-refractivity contribution in [3.63, 3.8) is 0 Å². The third kappa shape index (κ3) is 7.48. The minimum Gasteiger partial charge on any atom is -0.335 e. The number of carbonyl (C=O) groups excluding carboxylic acids is 2. The van der Waals surface area contributed by atoms with Crippen LogP contribution in [0.25, 0.3) is 0 Å². The second-order valence-corrected chi connectivity index (χ2v) is 5.75. The summed E-state index contributed by atoms with van der Waals surface area (Å²) in [6, 6.07) is 0.101. The molecule has 116 valence electrons. The molecule has 0 spiro atoms. The lowest BCUT2D eigenvalue weighted by Crippen LogP contribution is -2.47. The lowest BCUT2D eigenvalue weighted by atomic mass is 9.97. The molecule has 0 radical (unpaired) electrons. The number of urea groups is 1. The first-order valence-electron chi connectivity index (χ1n) is 7.95.